The molecule has 1 aliphatic heterocycles. The summed E-state index contributed by atoms with van der Waals surface area (Å²) in [5, 5.41) is 0. The van der Waals surface area contributed by atoms with Crippen LogP contribution >= 0.6 is 0 Å². The molecule has 0 bridgehead atoms. The Hall–Kier alpha value is -4.20. The fraction of sp³-hybridized carbons (Fsp3) is 0.324. The number of fused-ring (bicyclic) bond motifs is 2. The Labute approximate surface area is 243 Å². The molecule has 0 radical (unpaired) electrons. The van der Waals surface area contributed by atoms with E-state index in [0.717, 1.165) is 87.6 Å². The Morgan fingerprint density at radius 3 is 2.50 bits per heavy atom. The first kappa shape index (κ1) is 27.9. The molecule has 0 aliphatic carbocycles. The summed E-state index contributed by atoms with van der Waals surface area (Å²) in [6.45, 7) is 6.80. The number of rotatable bonds is 5. The topological polar surface area (TPSA) is 63.7 Å². The fourth-order valence-corrected chi connectivity index (χ4v) is 6.02. The highest BCUT2D eigenvalue weighted by atomic mass is 19.4. The molecule has 5 nitrogen and oxygen atoms in total. The molecule has 216 valence electrons. The number of ether oxygens (including phenoxy) is 1. The van der Waals surface area contributed by atoms with Gasteiger partial charge in [0, 0.05) is 17.8 Å². The number of nitrogens with zero attached hydrogens (tertiary/aromatic N) is 3. The van der Waals surface area contributed by atoms with Crippen LogP contribution in [0.5, 0.6) is 5.75 Å². The van der Waals surface area contributed by atoms with E-state index in [1.807, 2.05) is 19.9 Å². The summed E-state index contributed by atoms with van der Waals surface area (Å²) in [5.41, 5.74) is 8.40. The molecule has 5 aromatic rings. The standard InChI is InChI=1S/C34H33F3N4O/c1-20-14-27-16-25(26-6-10-30-32(18-26)41-22(3)40-30)7-11-33(27)42-13-12-24(20)17-31-29(21(2)38-19-39-31)15-23-4-8-28(9-5-23)34(35,36)37/h4-11,16,18-20,24H,12-15,17H2,1-3H3,(H,40,41). The molecule has 8 heteroatoms. The van der Waals surface area contributed by atoms with E-state index >= 15 is 0 Å². The van der Waals surface area contributed by atoms with E-state index in [0.29, 0.717) is 24.9 Å². The third-order valence-corrected chi connectivity index (χ3v) is 8.45. The van der Waals surface area contributed by atoms with Gasteiger partial charge in [-0.05, 0) is 109 Å². The van der Waals surface area contributed by atoms with Gasteiger partial charge in [-0.2, -0.15) is 13.2 Å². The zero-order valence-electron chi connectivity index (χ0n) is 23.9. The molecule has 0 fully saturated rings. The number of hydrogen-bond acceptors (Lipinski definition) is 4. The molecular weight excluding hydrogens is 537 g/mol. The molecule has 2 aromatic heterocycles. The molecule has 42 heavy (non-hydrogen) atoms. The van der Waals surface area contributed by atoms with Gasteiger partial charge in [-0.15, -0.1) is 0 Å². The van der Waals surface area contributed by atoms with Crippen molar-refractivity contribution in [2.75, 3.05) is 6.61 Å². The van der Waals surface area contributed by atoms with Crippen molar-refractivity contribution in [2.45, 2.75) is 52.6 Å². The number of nitrogens with one attached hydrogen (secondary N) is 1. The predicted octanol–water partition coefficient (Wildman–Crippen LogP) is 8.07. The highest BCUT2D eigenvalue weighted by molar-refractivity contribution is 5.82. The molecule has 0 spiro atoms. The number of alkyl halides is 3. The summed E-state index contributed by atoms with van der Waals surface area (Å²) in [4.78, 5) is 16.9. The number of H-pyrrole nitrogens is 1. The molecule has 0 saturated heterocycles. The summed E-state index contributed by atoms with van der Waals surface area (Å²) in [6.07, 6.45) is 0.250. The van der Waals surface area contributed by atoms with Crippen molar-refractivity contribution in [2.24, 2.45) is 11.8 Å². The van der Waals surface area contributed by atoms with Crippen LogP contribution in [0.15, 0.2) is 67.0 Å². The Morgan fingerprint density at radius 1 is 0.952 bits per heavy atom. The van der Waals surface area contributed by atoms with Crippen molar-refractivity contribution >= 4 is 11.0 Å². The average Bonchev–Trinajstić information content (AvgIpc) is 3.33. The maximum absolute atomic E-state index is 13.1. The monoisotopic (exact) mass is 570 g/mol. The Balaban J connectivity index is 1.22. The highest BCUT2D eigenvalue weighted by Crippen LogP contribution is 2.35. The lowest BCUT2D eigenvalue weighted by atomic mass is 9.81. The summed E-state index contributed by atoms with van der Waals surface area (Å²) in [7, 11) is 0. The number of aromatic nitrogens is 4. The highest BCUT2D eigenvalue weighted by Gasteiger charge is 2.30. The van der Waals surface area contributed by atoms with Gasteiger partial charge in [0.2, 0.25) is 0 Å². The normalized spacial score (nSPS) is 17.4. The number of halogens is 3. The van der Waals surface area contributed by atoms with Crippen LogP contribution in [-0.2, 0) is 25.4 Å². The van der Waals surface area contributed by atoms with Crippen LogP contribution in [-0.4, -0.2) is 26.5 Å². The fourth-order valence-electron chi connectivity index (χ4n) is 6.02. The SMILES string of the molecule is Cc1nc2ccc(-c3ccc4c(c3)CC(C)C(Cc3ncnc(C)c3Cc3ccc(C(F)(F)F)cc3)CCO4)cc2[nH]1. The summed E-state index contributed by atoms with van der Waals surface area (Å²) in [6, 6.07) is 18.1. The van der Waals surface area contributed by atoms with Crippen molar-refractivity contribution in [1.29, 1.82) is 0 Å². The van der Waals surface area contributed by atoms with Gasteiger partial charge in [0.25, 0.3) is 0 Å². The first-order valence-electron chi connectivity index (χ1n) is 14.3. The van der Waals surface area contributed by atoms with Crippen LogP contribution < -0.4 is 4.74 Å². The molecule has 2 atom stereocenters. The van der Waals surface area contributed by atoms with Gasteiger partial charge in [-0.1, -0.05) is 31.2 Å². The van der Waals surface area contributed by atoms with Gasteiger partial charge in [-0.3, -0.25) is 0 Å². The van der Waals surface area contributed by atoms with Gasteiger partial charge in [0.15, 0.2) is 0 Å². The second-order valence-electron chi connectivity index (χ2n) is 11.4. The quantitative estimate of drug-likeness (QED) is 0.232. The number of benzene rings is 3. The third-order valence-electron chi connectivity index (χ3n) is 8.45. The third kappa shape index (κ3) is 5.89. The van der Waals surface area contributed by atoms with Gasteiger partial charge < -0.3 is 9.72 Å². The van der Waals surface area contributed by atoms with E-state index in [4.69, 9.17) is 4.74 Å². The lowest BCUT2D eigenvalue weighted by Crippen LogP contribution is -2.24. The van der Waals surface area contributed by atoms with Gasteiger partial charge in [0.1, 0.15) is 17.9 Å². The molecule has 1 aliphatic rings. The smallest absolute Gasteiger partial charge is 0.416 e. The van der Waals surface area contributed by atoms with E-state index in [1.165, 1.54) is 5.56 Å². The predicted molar refractivity (Wildman–Crippen MR) is 157 cm³/mol. The zero-order chi connectivity index (χ0) is 29.4. The number of imidazole rings is 1. The minimum atomic E-state index is -4.35. The second kappa shape index (κ2) is 11.2. The summed E-state index contributed by atoms with van der Waals surface area (Å²) >= 11 is 0. The molecule has 3 aromatic carbocycles. The van der Waals surface area contributed by atoms with Crippen molar-refractivity contribution in [1.82, 2.24) is 19.9 Å². The molecule has 1 N–H and O–H groups in total. The van der Waals surface area contributed by atoms with Crippen LogP contribution in [0, 0.1) is 25.7 Å². The van der Waals surface area contributed by atoms with E-state index in [2.05, 4.69) is 57.2 Å². The number of hydrogen-bond donors (Lipinski definition) is 1. The van der Waals surface area contributed by atoms with Crippen LogP contribution in [0.4, 0.5) is 13.2 Å². The number of aryl methyl sites for hydroxylation is 2. The van der Waals surface area contributed by atoms with Crippen molar-refractivity contribution in [3.63, 3.8) is 0 Å². The van der Waals surface area contributed by atoms with Gasteiger partial charge in [0.05, 0.1) is 23.2 Å². The minimum Gasteiger partial charge on any atom is -0.493 e. The largest absolute Gasteiger partial charge is 0.493 e. The van der Waals surface area contributed by atoms with E-state index < -0.39 is 11.7 Å². The van der Waals surface area contributed by atoms with E-state index in [-0.39, 0.29) is 0 Å². The van der Waals surface area contributed by atoms with Crippen LogP contribution in [0.3, 0.4) is 0 Å². The Kier molecular flexibility index (Phi) is 7.47. The van der Waals surface area contributed by atoms with Gasteiger partial charge in [-0.25, -0.2) is 15.0 Å². The first-order chi connectivity index (χ1) is 20.1. The maximum atomic E-state index is 13.1. The molecule has 2 unspecified atom stereocenters. The Morgan fingerprint density at radius 2 is 1.71 bits per heavy atom. The molecule has 0 saturated carbocycles. The molecular formula is C34H33F3N4O. The average molecular weight is 571 g/mol. The zero-order valence-corrected chi connectivity index (χ0v) is 23.9. The van der Waals surface area contributed by atoms with Crippen molar-refractivity contribution in [3.05, 3.63) is 106 Å². The van der Waals surface area contributed by atoms with Crippen molar-refractivity contribution < 1.29 is 17.9 Å². The summed E-state index contributed by atoms with van der Waals surface area (Å²) in [5.74, 6) is 2.53. The Bertz CT molecular complexity index is 1730. The van der Waals surface area contributed by atoms with E-state index in [1.54, 1.807) is 18.5 Å². The first-order valence-corrected chi connectivity index (χ1v) is 14.3. The molecule has 6 rings (SSSR count). The van der Waals surface area contributed by atoms with Gasteiger partial charge >= 0.3 is 6.18 Å². The van der Waals surface area contributed by atoms with Crippen molar-refractivity contribution in [3.8, 4) is 16.9 Å². The number of aromatic amines is 1. The lowest BCUT2D eigenvalue weighted by Gasteiger charge is -2.29. The second-order valence-corrected chi connectivity index (χ2v) is 11.4. The van der Waals surface area contributed by atoms with Crippen LogP contribution in [0.2, 0.25) is 0 Å². The van der Waals surface area contributed by atoms with Crippen LogP contribution in [0.1, 0.15) is 52.8 Å². The minimum absolute atomic E-state index is 0.326. The van der Waals surface area contributed by atoms with E-state index in [9.17, 15) is 13.2 Å². The maximum Gasteiger partial charge on any atom is 0.416 e. The molecule has 0 amide bonds. The van der Waals surface area contributed by atoms with Crippen LogP contribution in [0.25, 0.3) is 22.2 Å². The summed E-state index contributed by atoms with van der Waals surface area (Å²) < 4.78 is 45.4. The molecule has 3 heterocycles. The lowest BCUT2D eigenvalue weighted by molar-refractivity contribution is -0.137.